The molecule has 7 nitrogen and oxygen atoms in total. The van der Waals surface area contributed by atoms with Crippen LogP contribution in [0, 0.1) is 0 Å². The van der Waals surface area contributed by atoms with Gasteiger partial charge in [0, 0.05) is 18.7 Å². The van der Waals surface area contributed by atoms with Crippen LogP contribution in [0.5, 0.6) is 0 Å². The Hall–Kier alpha value is -2.57. The van der Waals surface area contributed by atoms with Crippen LogP contribution in [0.1, 0.15) is 63.9 Å². The lowest BCUT2D eigenvalue weighted by Gasteiger charge is -2.19. The minimum atomic E-state index is -0.632. The molecule has 0 heterocycles. The molecule has 0 fully saturated rings. The van der Waals surface area contributed by atoms with E-state index in [0.717, 1.165) is 0 Å². The molecule has 3 N–H and O–H groups in total. The van der Waals surface area contributed by atoms with Crippen molar-refractivity contribution >= 4 is 17.9 Å². The molecular formula is C21H33N3O4. The predicted molar refractivity (Wildman–Crippen MR) is 109 cm³/mol. The van der Waals surface area contributed by atoms with E-state index >= 15 is 0 Å². The Balaban J connectivity index is 2.22. The summed E-state index contributed by atoms with van der Waals surface area (Å²) in [5, 5.41) is 7.90. The van der Waals surface area contributed by atoms with Gasteiger partial charge in [0.15, 0.2) is 0 Å². The van der Waals surface area contributed by atoms with Gasteiger partial charge in [-0.1, -0.05) is 32.9 Å². The number of rotatable bonds is 7. The summed E-state index contributed by atoms with van der Waals surface area (Å²) in [6, 6.07) is 7.57. The third kappa shape index (κ3) is 9.39. The van der Waals surface area contributed by atoms with Gasteiger partial charge in [0.25, 0.3) is 5.91 Å². The quantitative estimate of drug-likeness (QED) is 0.623. The number of hydrogen-bond donors (Lipinski definition) is 3. The standard InChI is InChI=1S/C21H33N3O4/c1-20(2,3)16-10-8-15(9-11-16)18(26)23-13-7-12-22-17(25)14-24-19(27)28-21(4,5)6/h8-11H,7,12-14H2,1-6H3,(H,22,25)(H,23,26)(H,24,27). The number of ether oxygens (including phenoxy) is 1. The zero-order chi connectivity index (χ0) is 21.4. The van der Waals surface area contributed by atoms with Crippen LogP contribution in [0.3, 0.4) is 0 Å². The van der Waals surface area contributed by atoms with Crippen molar-refractivity contribution in [2.75, 3.05) is 19.6 Å². The number of benzene rings is 1. The Morgan fingerprint density at radius 1 is 0.857 bits per heavy atom. The molecule has 0 aliphatic carbocycles. The highest BCUT2D eigenvalue weighted by Gasteiger charge is 2.16. The van der Waals surface area contributed by atoms with Crippen LogP contribution in [-0.2, 0) is 14.9 Å². The van der Waals surface area contributed by atoms with Gasteiger partial charge in [-0.2, -0.15) is 0 Å². The number of alkyl carbamates (subject to hydrolysis) is 1. The Kier molecular flexibility index (Phi) is 8.47. The van der Waals surface area contributed by atoms with E-state index in [9.17, 15) is 14.4 Å². The van der Waals surface area contributed by atoms with Gasteiger partial charge in [0.1, 0.15) is 5.60 Å². The van der Waals surface area contributed by atoms with Crippen molar-refractivity contribution in [2.45, 2.75) is 59.0 Å². The van der Waals surface area contributed by atoms with E-state index in [1.165, 1.54) is 5.56 Å². The third-order valence-electron chi connectivity index (χ3n) is 3.77. The smallest absolute Gasteiger partial charge is 0.408 e. The Labute approximate surface area is 167 Å². The van der Waals surface area contributed by atoms with Crippen LogP contribution >= 0.6 is 0 Å². The van der Waals surface area contributed by atoms with Crippen LogP contribution in [0.2, 0.25) is 0 Å². The molecular weight excluding hydrogens is 358 g/mol. The highest BCUT2D eigenvalue weighted by atomic mass is 16.6. The number of carbonyl (C=O) groups excluding carboxylic acids is 3. The largest absolute Gasteiger partial charge is 0.444 e. The molecule has 0 aromatic heterocycles. The molecule has 3 amide bonds. The summed E-state index contributed by atoms with van der Waals surface area (Å²) in [4.78, 5) is 35.3. The van der Waals surface area contributed by atoms with Gasteiger partial charge in [0.05, 0.1) is 6.54 Å². The second-order valence-corrected chi connectivity index (χ2v) is 8.64. The first kappa shape index (κ1) is 23.5. The molecule has 1 rings (SSSR count). The molecule has 1 aromatic rings. The summed E-state index contributed by atoms with van der Waals surface area (Å²) in [5.74, 6) is -0.451. The van der Waals surface area contributed by atoms with Gasteiger partial charge in [-0.15, -0.1) is 0 Å². The van der Waals surface area contributed by atoms with E-state index in [0.29, 0.717) is 25.1 Å². The van der Waals surface area contributed by atoms with Crippen molar-refractivity contribution in [3.8, 4) is 0 Å². The maximum Gasteiger partial charge on any atom is 0.408 e. The minimum absolute atomic E-state index is 0.0472. The van der Waals surface area contributed by atoms with Gasteiger partial charge >= 0.3 is 6.09 Å². The van der Waals surface area contributed by atoms with Crippen molar-refractivity contribution in [1.29, 1.82) is 0 Å². The summed E-state index contributed by atoms with van der Waals surface area (Å²) in [6.07, 6.45) is -0.0448. The highest BCUT2D eigenvalue weighted by Crippen LogP contribution is 2.22. The Morgan fingerprint density at radius 2 is 1.43 bits per heavy atom. The van der Waals surface area contributed by atoms with Gasteiger partial charge in [-0.05, 0) is 50.3 Å². The molecule has 0 saturated carbocycles. The molecule has 7 heteroatoms. The van der Waals surface area contributed by atoms with Crippen LogP contribution in [0.15, 0.2) is 24.3 Å². The number of carbonyl (C=O) groups is 3. The predicted octanol–water partition coefficient (Wildman–Crippen LogP) is 2.74. The molecule has 0 radical (unpaired) electrons. The van der Waals surface area contributed by atoms with E-state index in [4.69, 9.17) is 4.74 Å². The molecule has 1 aromatic carbocycles. The first-order chi connectivity index (χ1) is 12.9. The van der Waals surface area contributed by atoms with Gasteiger partial charge in [-0.3, -0.25) is 9.59 Å². The molecule has 0 spiro atoms. The zero-order valence-corrected chi connectivity index (χ0v) is 17.8. The molecule has 0 bridgehead atoms. The van der Waals surface area contributed by atoms with Crippen LogP contribution < -0.4 is 16.0 Å². The van der Waals surface area contributed by atoms with Crippen LogP contribution in [-0.4, -0.2) is 43.1 Å². The van der Waals surface area contributed by atoms with E-state index < -0.39 is 11.7 Å². The van der Waals surface area contributed by atoms with Crippen LogP contribution in [0.4, 0.5) is 4.79 Å². The SMILES string of the molecule is CC(C)(C)OC(=O)NCC(=O)NCCCNC(=O)c1ccc(C(C)(C)C)cc1. The fourth-order valence-corrected chi connectivity index (χ4v) is 2.27. The lowest BCUT2D eigenvalue weighted by molar-refractivity contribution is -0.120. The number of nitrogens with one attached hydrogen (secondary N) is 3. The number of hydrogen-bond acceptors (Lipinski definition) is 4. The van der Waals surface area contributed by atoms with Crippen LogP contribution in [0.25, 0.3) is 0 Å². The average Bonchev–Trinajstić information content (AvgIpc) is 2.57. The van der Waals surface area contributed by atoms with Crippen molar-refractivity contribution in [3.05, 3.63) is 35.4 Å². The Bertz CT molecular complexity index is 670. The fourth-order valence-electron chi connectivity index (χ4n) is 2.27. The first-order valence-electron chi connectivity index (χ1n) is 9.51. The summed E-state index contributed by atoms with van der Waals surface area (Å²) >= 11 is 0. The van der Waals surface area contributed by atoms with Crippen molar-refractivity contribution in [3.63, 3.8) is 0 Å². The lowest BCUT2D eigenvalue weighted by atomic mass is 9.87. The van der Waals surface area contributed by atoms with E-state index in [2.05, 4.69) is 36.7 Å². The van der Waals surface area contributed by atoms with Gasteiger partial charge in [-0.25, -0.2) is 4.79 Å². The minimum Gasteiger partial charge on any atom is -0.444 e. The Morgan fingerprint density at radius 3 is 1.96 bits per heavy atom. The summed E-state index contributed by atoms with van der Waals surface area (Å²) in [5.41, 5.74) is 1.22. The monoisotopic (exact) mass is 391 g/mol. The lowest BCUT2D eigenvalue weighted by Crippen LogP contribution is -2.40. The molecule has 156 valence electrons. The maximum absolute atomic E-state index is 12.1. The molecule has 28 heavy (non-hydrogen) atoms. The topological polar surface area (TPSA) is 96.5 Å². The van der Waals surface area contributed by atoms with Crippen molar-refractivity contribution in [2.24, 2.45) is 0 Å². The summed E-state index contributed by atoms with van der Waals surface area (Å²) in [7, 11) is 0. The summed E-state index contributed by atoms with van der Waals surface area (Å²) < 4.78 is 5.05. The first-order valence-corrected chi connectivity index (χ1v) is 9.51. The second kappa shape index (κ2) is 10.1. The summed E-state index contributed by atoms with van der Waals surface area (Å²) in [6.45, 7) is 12.3. The normalized spacial score (nSPS) is 11.5. The molecule has 0 unspecified atom stereocenters. The average molecular weight is 392 g/mol. The zero-order valence-electron chi connectivity index (χ0n) is 17.8. The fraction of sp³-hybridized carbons (Fsp3) is 0.571. The second-order valence-electron chi connectivity index (χ2n) is 8.64. The van der Waals surface area contributed by atoms with Crippen molar-refractivity contribution in [1.82, 2.24) is 16.0 Å². The third-order valence-corrected chi connectivity index (χ3v) is 3.77. The molecule has 0 atom stereocenters. The maximum atomic E-state index is 12.1. The molecule has 0 saturated heterocycles. The molecule has 0 aliphatic heterocycles. The van der Waals surface area contributed by atoms with Gasteiger partial charge in [0.2, 0.25) is 5.91 Å². The van der Waals surface area contributed by atoms with E-state index in [1.54, 1.807) is 20.8 Å². The van der Waals surface area contributed by atoms with E-state index in [-0.39, 0.29) is 23.8 Å². The highest BCUT2D eigenvalue weighted by molar-refractivity contribution is 5.94. The van der Waals surface area contributed by atoms with E-state index in [1.807, 2.05) is 24.3 Å². The number of amides is 3. The molecule has 0 aliphatic rings. The van der Waals surface area contributed by atoms with Crippen molar-refractivity contribution < 1.29 is 19.1 Å². The van der Waals surface area contributed by atoms with Gasteiger partial charge < -0.3 is 20.7 Å².